The standard InChI is InChI=1S/C28H32N2O5/c1-18(2)13-14-25(27(33)30-15-7-8-19(30)16-26(31)32)29-28(34)35-17-24-22-11-5-3-9-20(22)21-10-4-6-12-23(21)24/h3-6,9-13,19,24-25H,7-8,14-17H2,1-2H3,(H,29,34)(H,31,32). The van der Waals surface area contributed by atoms with E-state index < -0.39 is 18.1 Å². The average molecular weight is 477 g/mol. The predicted octanol–water partition coefficient (Wildman–Crippen LogP) is 4.72. The number of carboxylic acids is 1. The van der Waals surface area contributed by atoms with Crippen LogP contribution in [0.2, 0.25) is 0 Å². The molecule has 0 aromatic heterocycles. The molecule has 2 aromatic rings. The summed E-state index contributed by atoms with van der Waals surface area (Å²) >= 11 is 0. The molecule has 184 valence electrons. The summed E-state index contributed by atoms with van der Waals surface area (Å²) in [5.74, 6) is -1.27. The normalized spacial score (nSPS) is 17.3. The summed E-state index contributed by atoms with van der Waals surface area (Å²) in [7, 11) is 0. The Morgan fingerprint density at radius 1 is 1.09 bits per heavy atom. The molecule has 0 bridgehead atoms. The van der Waals surface area contributed by atoms with E-state index in [9.17, 15) is 19.5 Å². The Bertz CT molecular complexity index is 1090. The molecule has 2 unspecified atom stereocenters. The Morgan fingerprint density at radius 3 is 2.31 bits per heavy atom. The highest BCUT2D eigenvalue weighted by Crippen LogP contribution is 2.44. The maximum Gasteiger partial charge on any atom is 0.407 e. The van der Waals surface area contributed by atoms with E-state index in [-0.39, 0.29) is 30.9 Å². The molecule has 2 aromatic carbocycles. The molecule has 35 heavy (non-hydrogen) atoms. The molecule has 4 rings (SSSR count). The van der Waals surface area contributed by atoms with Gasteiger partial charge in [-0.2, -0.15) is 0 Å². The van der Waals surface area contributed by atoms with Gasteiger partial charge in [0.2, 0.25) is 5.91 Å². The lowest BCUT2D eigenvalue weighted by molar-refractivity contribution is -0.140. The molecule has 1 heterocycles. The van der Waals surface area contributed by atoms with E-state index in [1.165, 1.54) is 0 Å². The first kappa shape index (κ1) is 24.5. The van der Waals surface area contributed by atoms with Crippen molar-refractivity contribution < 1.29 is 24.2 Å². The number of rotatable bonds is 8. The van der Waals surface area contributed by atoms with Crippen molar-refractivity contribution in [2.75, 3.05) is 13.2 Å². The first-order valence-corrected chi connectivity index (χ1v) is 12.1. The van der Waals surface area contributed by atoms with Crippen LogP contribution in [0, 0.1) is 0 Å². The molecule has 7 heteroatoms. The zero-order valence-corrected chi connectivity index (χ0v) is 20.2. The van der Waals surface area contributed by atoms with Gasteiger partial charge < -0.3 is 20.1 Å². The van der Waals surface area contributed by atoms with Crippen molar-refractivity contribution in [3.63, 3.8) is 0 Å². The fourth-order valence-electron chi connectivity index (χ4n) is 5.10. The van der Waals surface area contributed by atoms with Gasteiger partial charge in [0.1, 0.15) is 12.6 Å². The zero-order chi connectivity index (χ0) is 24.9. The summed E-state index contributed by atoms with van der Waals surface area (Å²) in [4.78, 5) is 39.0. The molecule has 2 N–H and O–H groups in total. The number of benzene rings is 2. The van der Waals surface area contributed by atoms with Gasteiger partial charge in [-0.05, 0) is 55.4 Å². The van der Waals surface area contributed by atoms with E-state index >= 15 is 0 Å². The Balaban J connectivity index is 1.45. The van der Waals surface area contributed by atoms with E-state index in [4.69, 9.17) is 4.74 Å². The molecule has 1 fully saturated rings. The third kappa shape index (κ3) is 5.56. The number of nitrogens with zero attached hydrogens (tertiary/aromatic N) is 1. The van der Waals surface area contributed by atoms with Gasteiger partial charge in [-0.25, -0.2) is 4.79 Å². The Kier molecular flexibility index (Phi) is 7.54. The largest absolute Gasteiger partial charge is 0.481 e. The molecule has 1 aliphatic heterocycles. The van der Waals surface area contributed by atoms with Crippen molar-refractivity contribution in [1.82, 2.24) is 10.2 Å². The van der Waals surface area contributed by atoms with Crippen LogP contribution in [-0.2, 0) is 14.3 Å². The number of hydrogen-bond acceptors (Lipinski definition) is 4. The number of allylic oxidation sites excluding steroid dienone is 1. The van der Waals surface area contributed by atoms with Gasteiger partial charge in [-0.3, -0.25) is 9.59 Å². The zero-order valence-electron chi connectivity index (χ0n) is 20.2. The molecule has 1 saturated heterocycles. The molecule has 2 amide bonds. The first-order chi connectivity index (χ1) is 16.8. The highest BCUT2D eigenvalue weighted by molar-refractivity contribution is 5.87. The van der Waals surface area contributed by atoms with Crippen molar-refractivity contribution in [1.29, 1.82) is 0 Å². The number of alkyl carbamates (subject to hydrolysis) is 1. The highest BCUT2D eigenvalue weighted by Gasteiger charge is 2.35. The second kappa shape index (κ2) is 10.8. The lowest BCUT2D eigenvalue weighted by Gasteiger charge is -2.28. The van der Waals surface area contributed by atoms with E-state index in [1.807, 2.05) is 44.2 Å². The van der Waals surface area contributed by atoms with Crippen molar-refractivity contribution in [2.45, 2.75) is 57.5 Å². The lowest BCUT2D eigenvalue weighted by Crippen LogP contribution is -2.50. The van der Waals surface area contributed by atoms with Crippen LogP contribution in [0.3, 0.4) is 0 Å². The quantitative estimate of drug-likeness (QED) is 0.538. The van der Waals surface area contributed by atoms with Gasteiger partial charge in [0, 0.05) is 18.5 Å². The number of fused-ring (bicyclic) bond motifs is 3. The maximum atomic E-state index is 13.3. The van der Waals surface area contributed by atoms with Crippen LogP contribution in [0.5, 0.6) is 0 Å². The van der Waals surface area contributed by atoms with Crippen LogP contribution < -0.4 is 5.32 Å². The van der Waals surface area contributed by atoms with Crippen molar-refractivity contribution in [3.8, 4) is 11.1 Å². The number of aliphatic carboxylic acids is 1. The van der Waals surface area contributed by atoms with Crippen molar-refractivity contribution >= 4 is 18.0 Å². The van der Waals surface area contributed by atoms with Crippen LogP contribution in [0.25, 0.3) is 11.1 Å². The second-order valence-electron chi connectivity index (χ2n) is 9.47. The van der Waals surface area contributed by atoms with Gasteiger partial charge >= 0.3 is 12.1 Å². The van der Waals surface area contributed by atoms with Crippen LogP contribution in [0.1, 0.15) is 56.6 Å². The minimum absolute atomic E-state index is 0.0707. The smallest absolute Gasteiger partial charge is 0.407 e. The lowest BCUT2D eigenvalue weighted by atomic mass is 9.98. The van der Waals surface area contributed by atoms with Crippen molar-refractivity contribution in [3.05, 3.63) is 71.3 Å². The molecule has 0 saturated carbocycles. The average Bonchev–Trinajstić information content (AvgIpc) is 3.42. The minimum atomic E-state index is -0.931. The number of nitrogens with one attached hydrogen (secondary N) is 1. The minimum Gasteiger partial charge on any atom is -0.481 e. The topological polar surface area (TPSA) is 95.9 Å². The van der Waals surface area contributed by atoms with Crippen molar-refractivity contribution in [2.24, 2.45) is 0 Å². The summed E-state index contributed by atoms with van der Waals surface area (Å²) < 4.78 is 5.65. The highest BCUT2D eigenvalue weighted by atomic mass is 16.5. The fourth-order valence-corrected chi connectivity index (χ4v) is 5.10. The maximum absolute atomic E-state index is 13.3. The van der Waals surface area contributed by atoms with E-state index in [0.29, 0.717) is 19.4 Å². The molecule has 0 spiro atoms. The SMILES string of the molecule is CC(C)=CCC(NC(=O)OCC1c2ccccc2-c2ccccc21)C(=O)N1CCCC1CC(=O)O. The summed E-state index contributed by atoms with van der Waals surface area (Å²) in [6.45, 7) is 4.51. The molecule has 0 radical (unpaired) electrons. The monoisotopic (exact) mass is 476 g/mol. The van der Waals surface area contributed by atoms with Crippen LogP contribution in [0.4, 0.5) is 4.79 Å². The van der Waals surface area contributed by atoms with Gasteiger partial charge in [0.05, 0.1) is 6.42 Å². The van der Waals surface area contributed by atoms with Crippen LogP contribution in [-0.4, -0.2) is 53.2 Å². The molecular weight excluding hydrogens is 444 g/mol. The number of carbonyl (C=O) groups is 3. The third-order valence-electron chi connectivity index (χ3n) is 6.77. The number of carboxylic acid groups (broad SMARTS) is 1. The summed E-state index contributed by atoms with van der Waals surface area (Å²) in [6.07, 6.45) is 2.88. The van der Waals surface area contributed by atoms with E-state index in [1.54, 1.807) is 4.90 Å². The van der Waals surface area contributed by atoms with Gasteiger partial charge in [0.15, 0.2) is 0 Å². The Labute approximate surface area is 205 Å². The summed E-state index contributed by atoms with van der Waals surface area (Å²) in [5, 5.41) is 12.0. The fraction of sp³-hybridized carbons (Fsp3) is 0.393. The molecule has 7 nitrogen and oxygen atoms in total. The number of carbonyl (C=O) groups excluding carboxylic acids is 2. The molecule has 2 aliphatic rings. The first-order valence-electron chi connectivity index (χ1n) is 12.1. The van der Waals surface area contributed by atoms with E-state index in [0.717, 1.165) is 34.2 Å². The number of amides is 2. The Morgan fingerprint density at radius 2 is 1.71 bits per heavy atom. The van der Waals surface area contributed by atoms with Gasteiger partial charge in [-0.15, -0.1) is 0 Å². The predicted molar refractivity (Wildman–Crippen MR) is 133 cm³/mol. The number of hydrogen-bond donors (Lipinski definition) is 2. The van der Waals surface area contributed by atoms with Gasteiger partial charge in [-0.1, -0.05) is 60.2 Å². The molecule has 2 atom stereocenters. The van der Waals surface area contributed by atoms with Crippen LogP contribution >= 0.6 is 0 Å². The summed E-state index contributed by atoms with van der Waals surface area (Å²) in [5.41, 5.74) is 5.56. The van der Waals surface area contributed by atoms with E-state index in [2.05, 4.69) is 29.6 Å². The third-order valence-corrected chi connectivity index (χ3v) is 6.77. The van der Waals surface area contributed by atoms with Gasteiger partial charge in [0.25, 0.3) is 0 Å². The number of likely N-dealkylation sites (tertiary alicyclic amines) is 1. The molecule has 1 aliphatic carbocycles. The summed E-state index contributed by atoms with van der Waals surface area (Å²) in [6, 6.07) is 15.1. The number of ether oxygens (including phenoxy) is 1. The molecular formula is C28H32N2O5. The second-order valence-corrected chi connectivity index (χ2v) is 9.47. The van der Waals surface area contributed by atoms with Crippen LogP contribution in [0.15, 0.2) is 60.2 Å². The Hall–Kier alpha value is -3.61.